The summed E-state index contributed by atoms with van der Waals surface area (Å²) in [6.07, 6.45) is 3.44. The smallest absolute Gasteiger partial charge is 0.318 e. The zero-order valence-corrected chi connectivity index (χ0v) is 14.9. The lowest BCUT2D eigenvalue weighted by Gasteiger charge is -2.34. The van der Waals surface area contributed by atoms with E-state index in [0.717, 1.165) is 22.8 Å². The van der Waals surface area contributed by atoms with Gasteiger partial charge in [0.25, 0.3) is 0 Å². The third kappa shape index (κ3) is 3.52. The SMILES string of the molecule is Cc1cc([C@H](C)NC(=O)N2CCN(c3cnn(C)c3)C(=O)C2)c(C)o1. The minimum absolute atomic E-state index is 0.0524. The average molecular weight is 345 g/mol. The van der Waals surface area contributed by atoms with Crippen LogP contribution < -0.4 is 10.2 Å². The molecule has 8 nitrogen and oxygen atoms in total. The van der Waals surface area contributed by atoms with E-state index >= 15 is 0 Å². The highest BCUT2D eigenvalue weighted by Crippen LogP contribution is 2.22. The summed E-state index contributed by atoms with van der Waals surface area (Å²) in [5, 5.41) is 7.02. The molecule has 1 N–H and O–H groups in total. The van der Waals surface area contributed by atoms with Crippen LogP contribution in [0.15, 0.2) is 22.9 Å². The van der Waals surface area contributed by atoms with Crippen LogP contribution in [0.4, 0.5) is 10.5 Å². The van der Waals surface area contributed by atoms with Gasteiger partial charge < -0.3 is 19.5 Å². The Morgan fingerprint density at radius 3 is 2.68 bits per heavy atom. The Morgan fingerprint density at radius 2 is 2.12 bits per heavy atom. The van der Waals surface area contributed by atoms with E-state index in [0.29, 0.717) is 13.1 Å². The maximum atomic E-state index is 12.5. The summed E-state index contributed by atoms with van der Waals surface area (Å²) in [6.45, 7) is 6.64. The van der Waals surface area contributed by atoms with Crippen molar-refractivity contribution in [2.24, 2.45) is 7.05 Å². The highest BCUT2D eigenvalue weighted by molar-refractivity contribution is 5.97. The Hall–Kier alpha value is -2.77. The van der Waals surface area contributed by atoms with E-state index in [1.807, 2.05) is 26.8 Å². The highest BCUT2D eigenvalue weighted by Gasteiger charge is 2.29. The fraction of sp³-hybridized carbons (Fsp3) is 0.471. The van der Waals surface area contributed by atoms with Crippen LogP contribution in [0.5, 0.6) is 0 Å². The highest BCUT2D eigenvalue weighted by atomic mass is 16.3. The van der Waals surface area contributed by atoms with E-state index in [2.05, 4.69) is 10.4 Å². The number of urea groups is 1. The van der Waals surface area contributed by atoms with E-state index in [1.165, 1.54) is 4.90 Å². The molecule has 25 heavy (non-hydrogen) atoms. The van der Waals surface area contributed by atoms with Gasteiger partial charge in [0.2, 0.25) is 5.91 Å². The van der Waals surface area contributed by atoms with E-state index < -0.39 is 0 Å². The van der Waals surface area contributed by atoms with Crippen molar-refractivity contribution in [3.63, 3.8) is 0 Å². The summed E-state index contributed by atoms with van der Waals surface area (Å²) in [6, 6.07) is 1.49. The molecule has 8 heteroatoms. The second-order valence-electron chi connectivity index (χ2n) is 6.38. The molecule has 1 saturated heterocycles. The lowest BCUT2D eigenvalue weighted by molar-refractivity contribution is -0.120. The average Bonchev–Trinajstić information content (AvgIpc) is 3.12. The maximum absolute atomic E-state index is 12.5. The van der Waals surface area contributed by atoms with E-state index in [-0.39, 0.29) is 24.5 Å². The summed E-state index contributed by atoms with van der Waals surface area (Å²) in [5.74, 6) is 1.49. The molecule has 1 fully saturated rings. The van der Waals surface area contributed by atoms with Crippen molar-refractivity contribution in [2.75, 3.05) is 24.5 Å². The number of amides is 3. The molecule has 2 aromatic heterocycles. The normalized spacial score (nSPS) is 16.2. The second kappa shape index (κ2) is 6.62. The first-order chi connectivity index (χ1) is 11.8. The number of anilines is 1. The molecule has 1 atom stereocenters. The summed E-state index contributed by atoms with van der Waals surface area (Å²) in [5.41, 5.74) is 1.71. The Morgan fingerprint density at radius 1 is 1.36 bits per heavy atom. The fourth-order valence-corrected chi connectivity index (χ4v) is 3.10. The van der Waals surface area contributed by atoms with Gasteiger partial charge in [0.05, 0.1) is 17.9 Å². The molecule has 0 radical (unpaired) electrons. The van der Waals surface area contributed by atoms with Crippen molar-refractivity contribution < 1.29 is 14.0 Å². The van der Waals surface area contributed by atoms with Crippen molar-refractivity contribution in [3.05, 3.63) is 35.5 Å². The van der Waals surface area contributed by atoms with Crippen molar-refractivity contribution in [1.82, 2.24) is 20.0 Å². The number of carbonyl (C=O) groups is 2. The van der Waals surface area contributed by atoms with Gasteiger partial charge in [-0.05, 0) is 26.8 Å². The molecular weight excluding hydrogens is 322 g/mol. The van der Waals surface area contributed by atoms with Crippen LogP contribution in [-0.4, -0.2) is 46.3 Å². The van der Waals surface area contributed by atoms with Crippen LogP contribution in [0.1, 0.15) is 30.0 Å². The van der Waals surface area contributed by atoms with Crippen LogP contribution in [-0.2, 0) is 11.8 Å². The van der Waals surface area contributed by atoms with Crippen LogP contribution in [0.3, 0.4) is 0 Å². The molecule has 3 heterocycles. The van der Waals surface area contributed by atoms with E-state index in [4.69, 9.17) is 4.42 Å². The van der Waals surface area contributed by atoms with Crippen LogP contribution >= 0.6 is 0 Å². The molecule has 0 spiro atoms. The number of furan rings is 1. The van der Waals surface area contributed by atoms with Gasteiger partial charge >= 0.3 is 6.03 Å². The number of nitrogens with zero attached hydrogens (tertiary/aromatic N) is 4. The molecule has 0 aliphatic carbocycles. The minimum Gasteiger partial charge on any atom is -0.466 e. The zero-order valence-electron chi connectivity index (χ0n) is 14.9. The molecule has 1 aliphatic rings. The number of carbonyl (C=O) groups excluding carboxylic acids is 2. The van der Waals surface area contributed by atoms with Crippen molar-refractivity contribution in [1.29, 1.82) is 0 Å². The molecule has 134 valence electrons. The first-order valence-corrected chi connectivity index (χ1v) is 8.26. The fourth-order valence-electron chi connectivity index (χ4n) is 3.10. The molecular formula is C17H23N5O3. The zero-order chi connectivity index (χ0) is 18.1. The number of aromatic nitrogens is 2. The molecule has 3 amide bonds. The van der Waals surface area contributed by atoms with E-state index in [9.17, 15) is 9.59 Å². The van der Waals surface area contributed by atoms with Crippen molar-refractivity contribution in [2.45, 2.75) is 26.8 Å². The summed E-state index contributed by atoms with van der Waals surface area (Å²) in [4.78, 5) is 28.1. The standard InChI is InChI=1S/C17H23N5O3/c1-11-7-15(13(3)25-11)12(2)19-17(24)21-5-6-22(16(23)10-21)14-8-18-20(4)9-14/h7-9,12H,5-6,10H2,1-4H3,(H,19,24)/t12-/m0/s1. The Kier molecular flexibility index (Phi) is 4.52. The Labute approximate surface area is 146 Å². The van der Waals surface area contributed by atoms with Gasteiger partial charge in [-0.15, -0.1) is 0 Å². The summed E-state index contributed by atoms with van der Waals surface area (Å²) < 4.78 is 7.16. The van der Waals surface area contributed by atoms with E-state index in [1.54, 1.807) is 29.0 Å². The maximum Gasteiger partial charge on any atom is 0.318 e. The molecule has 0 unspecified atom stereocenters. The second-order valence-corrected chi connectivity index (χ2v) is 6.38. The lowest BCUT2D eigenvalue weighted by atomic mass is 10.1. The first kappa shape index (κ1) is 17.1. The number of nitrogens with one attached hydrogen (secondary N) is 1. The predicted molar refractivity (Wildman–Crippen MR) is 92.3 cm³/mol. The van der Waals surface area contributed by atoms with Crippen LogP contribution in [0.25, 0.3) is 0 Å². The van der Waals surface area contributed by atoms with Crippen molar-refractivity contribution in [3.8, 4) is 0 Å². The third-order valence-electron chi connectivity index (χ3n) is 4.40. The van der Waals surface area contributed by atoms with Gasteiger partial charge in [-0.1, -0.05) is 0 Å². The molecule has 2 aromatic rings. The van der Waals surface area contributed by atoms with Gasteiger partial charge in [-0.3, -0.25) is 9.48 Å². The largest absolute Gasteiger partial charge is 0.466 e. The Balaban J connectivity index is 1.61. The minimum atomic E-state index is -0.245. The molecule has 1 aliphatic heterocycles. The Bertz CT molecular complexity index is 794. The quantitative estimate of drug-likeness (QED) is 0.918. The number of hydrogen-bond donors (Lipinski definition) is 1. The van der Waals surface area contributed by atoms with Gasteiger partial charge in [-0.2, -0.15) is 5.10 Å². The number of rotatable bonds is 3. The number of aryl methyl sites for hydroxylation is 3. The summed E-state index contributed by atoms with van der Waals surface area (Å²) in [7, 11) is 1.80. The van der Waals surface area contributed by atoms with Crippen molar-refractivity contribution >= 4 is 17.6 Å². The number of piperazine rings is 1. The summed E-state index contributed by atoms with van der Waals surface area (Å²) >= 11 is 0. The lowest BCUT2D eigenvalue weighted by Crippen LogP contribution is -2.55. The molecule has 3 rings (SSSR count). The molecule has 0 aromatic carbocycles. The number of hydrogen-bond acceptors (Lipinski definition) is 4. The molecule has 0 bridgehead atoms. The topological polar surface area (TPSA) is 83.6 Å². The molecule has 0 saturated carbocycles. The predicted octanol–water partition coefficient (Wildman–Crippen LogP) is 1.75. The monoisotopic (exact) mass is 345 g/mol. The van der Waals surface area contributed by atoms with Crippen LogP contribution in [0, 0.1) is 13.8 Å². The van der Waals surface area contributed by atoms with Gasteiger partial charge in [0.1, 0.15) is 18.1 Å². The van der Waals surface area contributed by atoms with Gasteiger partial charge in [-0.25, -0.2) is 4.79 Å². The van der Waals surface area contributed by atoms with Gasteiger partial charge in [0.15, 0.2) is 0 Å². The van der Waals surface area contributed by atoms with Gasteiger partial charge in [0, 0.05) is 31.9 Å². The first-order valence-electron chi connectivity index (χ1n) is 8.26. The van der Waals surface area contributed by atoms with Crippen LogP contribution in [0.2, 0.25) is 0 Å². The third-order valence-corrected chi connectivity index (χ3v) is 4.40.